The van der Waals surface area contributed by atoms with Crippen LogP contribution in [0.5, 0.6) is 0 Å². The molecule has 0 saturated carbocycles. The van der Waals surface area contributed by atoms with Gasteiger partial charge in [-0.15, -0.1) is 0 Å². The van der Waals surface area contributed by atoms with Crippen LogP contribution < -0.4 is 5.32 Å². The van der Waals surface area contributed by atoms with Crippen LogP contribution in [0, 0.1) is 0 Å². The number of esters is 1. The van der Waals surface area contributed by atoms with Gasteiger partial charge in [-0.2, -0.15) is 0 Å². The first kappa shape index (κ1) is 17.7. The largest absolute Gasteiger partial charge is 0.459 e. The lowest BCUT2D eigenvalue weighted by atomic mass is 10.0. The number of rotatable bonds is 5. The number of nitrogens with zero attached hydrogens (tertiary/aromatic N) is 1. The molecule has 1 aliphatic heterocycles. The van der Waals surface area contributed by atoms with E-state index in [1.807, 2.05) is 60.7 Å². The first-order valence-electron chi connectivity index (χ1n) is 8.38. The summed E-state index contributed by atoms with van der Waals surface area (Å²) in [6, 6.07) is 16.6. The Bertz CT molecular complexity index is 792. The number of carbonyl (C=O) groups is 3. The van der Waals surface area contributed by atoms with Crippen molar-refractivity contribution in [1.82, 2.24) is 10.2 Å². The molecular weight excluding hydrogens is 332 g/mol. The minimum Gasteiger partial charge on any atom is -0.459 e. The van der Waals surface area contributed by atoms with Crippen molar-refractivity contribution in [2.24, 2.45) is 0 Å². The van der Waals surface area contributed by atoms with Gasteiger partial charge in [0.2, 0.25) is 11.9 Å². The average molecular weight is 352 g/mol. The summed E-state index contributed by atoms with van der Waals surface area (Å²) in [5.41, 5.74) is 1.75. The van der Waals surface area contributed by atoms with Gasteiger partial charge in [0.15, 0.2) is 0 Å². The van der Waals surface area contributed by atoms with E-state index in [0.717, 1.165) is 11.1 Å². The molecule has 1 saturated heterocycles. The number of piperazine rings is 1. The SMILES string of the molecule is CN1C(=O)C(Cc2ccccc2)NC(=O)C1C(=O)OCc1ccccc1. The Labute approximate surface area is 151 Å². The lowest BCUT2D eigenvalue weighted by Gasteiger charge is -2.35. The van der Waals surface area contributed by atoms with Crippen LogP contribution in [0.4, 0.5) is 0 Å². The maximum absolute atomic E-state index is 12.6. The summed E-state index contributed by atoms with van der Waals surface area (Å²) in [7, 11) is 1.45. The highest BCUT2D eigenvalue weighted by molar-refractivity contribution is 6.09. The average Bonchev–Trinajstić information content (AvgIpc) is 2.66. The summed E-state index contributed by atoms with van der Waals surface area (Å²) >= 11 is 0. The number of hydrogen-bond acceptors (Lipinski definition) is 4. The highest BCUT2D eigenvalue weighted by atomic mass is 16.5. The lowest BCUT2D eigenvalue weighted by molar-refractivity contribution is -0.163. The fourth-order valence-corrected chi connectivity index (χ4v) is 2.92. The van der Waals surface area contributed by atoms with Crippen molar-refractivity contribution in [1.29, 1.82) is 0 Å². The van der Waals surface area contributed by atoms with Gasteiger partial charge in [0.1, 0.15) is 12.6 Å². The van der Waals surface area contributed by atoms with Gasteiger partial charge in [-0.1, -0.05) is 60.7 Å². The van der Waals surface area contributed by atoms with Crippen LogP contribution in [-0.4, -0.2) is 41.8 Å². The second-order valence-corrected chi connectivity index (χ2v) is 6.20. The van der Waals surface area contributed by atoms with Crippen molar-refractivity contribution in [2.75, 3.05) is 7.05 Å². The molecule has 1 heterocycles. The van der Waals surface area contributed by atoms with Crippen molar-refractivity contribution >= 4 is 17.8 Å². The highest BCUT2D eigenvalue weighted by Gasteiger charge is 2.43. The van der Waals surface area contributed by atoms with E-state index >= 15 is 0 Å². The van der Waals surface area contributed by atoms with Gasteiger partial charge in [-0.25, -0.2) is 4.79 Å². The predicted molar refractivity (Wildman–Crippen MR) is 94.9 cm³/mol. The van der Waals surface area contributed by atoms with Crippen LogP contribution in [0.2, 0.25) is 0 Å². The molecule has 26 heavy (non-hydrogen) atoms. The molecule has 2 aromatic rings. The number of hydrogen-bond donors (Lipinski definition) is 1. The zero-order valence-electron chi connectivity index (χ0n) is 14.4. The second-order valence-electron chi connectivity index (χ2n) is 6.20. The van der Waals surface area contributed by atoms with Gasteiger partial charge in [0, 0.05) is 13.5 Å². The van der Waals surface area contributed by atoms with E-state index in [4.69, 9.17) is 4.74 Å². The quantitative estimate of drug-likeness (QED) is 0.650. The number of ether oxygens (including phenoxy) is 1. The molecule has 2 aromatic carbocycles. The van der Waals surface area contributed by atoms with E-state index in [0.29, 0.717) is 6.42 Å². The third kappa shape index (κ3) is 3.91. The Morgan fingerprint density at radius 3 is 2.19 bits per heavy atom. The van der Waals surface area contributed by atoms with E-state index < -0.39 is 24.0 Å². The van der Waals surface area contributed by atoms with Crippen molar-refractivity contribution in [3.8, 4) is 0 Å². The molecule has 6 nitrogen and oxygen atoms in total. The second kappa shape index (κ2) is 7.82. The molecule has 0 aliphatic carbocycles. The number of benzene rings is 2. The summed E-state index contributed by atoms with van der Waals surface area (Å²) < 4.78 is 5.22. The Hall–Kier alpha value is -3.15. The van der Waals surface area contributed by atoms with Crippen LogP contribution in [0.3, 0.4) is 0 Å². The molecule has 0 bridgehead atoms. The number of nitrogens with one attached hydrogen (secondary N) is 1. The number of likely N-dealkylation sites (N-methyl/N-ethyl adjacent to an activating group) is 1. The standard InChI is InChI=1S/C20H20N2O4/c1-22-17(20(25)26-13-15-10-6-3-7-11-15)18(23)21-16(19(22)24)12-14-8-4-2-5-9-14/h2-11,16-17H,12-13H2,1H3,(H,21,23). The van der Waals surface area contributed by atoms with Gasteiger partial charge in [-0.3, -0.25) is 9.59 Å². The summed E-state index contributed by atoms with van der Waals surface area (Å²) in [5.74, 6) is -1.57. The van der Waals surface area contributed by atoms with Gasteiger partial charge < -0.3 is 15.0 Å². The molecule has 1 fully saturated rings. The zero-order chi connectivity index (χ0) is 18.5. The van der Waals surface area contributed by atoms with E-state index in [2.05, 4.69) is 5.32 Å². The number of carbonyl (C=O) groups excluding carboxylic acids is 3. The van der Waals surface area contributed by atoms with Crippen LogP contribution >= 0.6 is 0 Å². The summed E-state index contributed by atoms with van der Waals surface area (Å²) in [5, 5.41) is 2.64. The third-order valence-corrected chi connectivity index (χ3v) is 4.33. The molecular formula is C20H20N2O4. The monoisotopic (exact) mass is 352 g/mol. The summed E-state index contributed by atoms with van der Waals surface area (Å²) in [4.78, 5) is 38.5. The van der Waals surface area contributed by atoms with Crippen LogP contribution in [0.25, 0.3) is 0 Å². The molecule has 2 unspecified atom stereocenters. The maximum Gasteiger partial charge on any atom is 0.339 e. The Morgan fingerprint density at radius 1 is 1.00 bits per heavy atom. The van der Waals surface area contributed by atoms with E-state index in [-0.39, 0.29) is 12.5 Å². The summed E-state index contributed by atoms with van der Waals surface area (Å²) in [6.45, 7) is 0.0545. The van der Waals surface area contributed by atoms with Crippen LogP contribution in [0.1, 0.15) is 11.1 Å². The van der Waals surface area contributed by atoms with Crippen molar-refractivity contribution in [3.05, 3.63) is 71.8 Å². The molecule has 0 spiro atoms. The van der Waals surface area contributed by atoms with Crippen LogP contribution in [0.15, 0.2) is 60.7 Å². The van der Waals surface area contributed by atoms with Gasteiger partial charge in [0.25, 0.3) is 5.91 Å². The first-order valence-corrected chi connectivity index (χ1v) is 8.38. The molecule has 3 rings (SSSR count). The molecule has 0 radical (unpaired) electrons. The minimum atomic E-state index is -1.27. The van der Waals surface area contributed by atoms with Crippen molar-refractivity contribution < 1.29 is 19.1 Å². The molecule has 6 heteroatoms. The highest BCUT2D eigenvalue weighted by Crippen LogP contribution is 2.14. The van der Waals surface area contributed by atoms with E-state index in [9.17, 15) is 14.4 Å². The van der Waals surface area contributed by atoms with E-state index in [1.54, 1.807) is 0 Å². The fraction of sp³-hybridized carbons (Fsp3) is 0.250. The predicted octanol–water partition coefficient (Wildman–Crippen LogP) is 1.30. The normalized spacial score (nSPS) is 19.8. The fourth-order valence-electron chi connectivity index (χ4n) is 2.92. The lowest BCUT2D eigenvalue weighted by Crippen LogP contribution is -2.65. The van der Waals surface area contributed by atoms with Crippen molar-refractivity contribution in [3.63, 3.8) is 0 Å². The molecule has 0 aromatic heterocycles. The van der Waals surface area contributed by atoms with Crippen molar-refractivity contribution in [2.45, 2.75) is 25.1 Å². The topological polar surface area (TPSA) is 75.7 Å². The van der Waals surface area contributed by atoms with Gasteiger partial charge >= 0.3 is 5.97 Å². The molecule has 2 amide bonds. The molecule has 1 N–H and O–H groups in total. The molecule has 2 atom stereocenters. The summed E-state index contributed by atoms with van der Waals surface area (Å²) in [6.07, 6.45) is 0.377. The zero-order valence-corrected chi connectivity index (χ0v) is 14.4. The third-order valence-electron chi connectivity index (χ3n) is 4.33. The Balaban J connectivity index is 1.64. The van der Waals surface area contributed by atoms with Gasteiger partial charge in [-0.05, 0) is 11.1 Å². The Kier molecular flexibility index (Phi) is 5.31. The number of amides is 2. The van der Waals surface area contributed by atoms with Gasteiger partial charge in [0.05, 0.1) is 0 Å². The Morgan fingerprint density at radius 2 is 1.58 bits per heavy atom. The first-order chi connectivity index (χ1) is 12.6. The molecule has 134 valence electrons. The molecule has 1 aliphatic rings. The smallest absolute Gasteiger partial charge is 0.339 e. The maximum atomic E-state index is 12.6. The van der Waals surface area contributed by atoms with Crippen LogP contribution in [-0.2, 0) is 32.1 Å². The van der Waals surface area contributed by atoms with E-state index in [1.165, 1.54) is 11.9 Å². The minimum absolute atomic E-state index is 0.0545.